The minimum atomic E-state index is -0.468. The molecule has 6 nitrogen and oxygen atoms in total. The Labute approximate surface area is 128 Å². The number of carbonyl (C=O) groups excluding carboxylic acids is 2. The van der Waals surface area contributed by atoms with E-state index >= 15 is 0 Å². The summed E-state index contributed by atoms with van der Waals surface area (Å²) in [4.78, 5) is 23.5. The Morgan fingerprint density at radius 3 is 2.50 bits per heavy atom. The number of benzene rings is 1. The lowest BCUT2D eigenvalue weighted by molar-refractivity contribution is 0.0600. The van der Waals surface area contributed by atoms with Gasteiger partial charge in [0.25, 0.3) is 0 Å². The maximum atomic E-state index is 12.1. The molecule has 0 amide bonds. The van der Waals surface area contributed by atoms with Crippen molar-refractivity contribution < 1.29 is 23.8 Å². The van der Waals surface area contributed by atoms with Gasteiger partial charge < -0.3 is 18.8 Å². The first kappa shape index (κ1) is 15.6. The topological polar surface area (TPSA) is 66.8 Å². The van der Waals surface area contributed by atoms with Crippen molar-refractivity contribution in [2.45, 2.75) is 0 Å². The molecule has 0 aliphatic carbocycles. The molecule has 1 aromatic carbocycles. The summed E-state index contributed by atoms with van der Waals surface area (Å²) in [5.41, 5.74) is 0.908. The van der Waals surface area contributed by atoms with E-state index in [1.807, 2.05) is 0 Å². The molecule has 1 heterocycles. The molecule has 0 saturated heterocycles. The van der Waals surface area contributed by atoms with E-state index in [9.17, 15) is 9.59 Å². The fourth-order valence-corrected chi connectivity index (χ4v) is 2.00. The Balaban J connectivity index is 2.11. The van der Waals surface area contributed by atoms with Crippen LogP contribution < -0.4 is 9.47 Å². The van der Waals surface area contributed by atoms with Gasteiger partial charge in [-0.05, 0) is 30.3 Å². The average molecular weight is 303 g/mol. The van der Waals surface area contributed by atoms with E-state index in [1.54, 1.807) is 42.1 Å². The van der Waals surface area contributed by atoms with Crippen LogP contribution in [0.15, 0.2) is 36.5 Å². The molecule has 0 atom stereocenters. The Morgan fingerprint density at radius 2 is 1.91 bits per heavy atom. The van der Waals surface area contributed by atoms with Gasteiger partial charge in [0.1, 0.15) is 0 Å². The highest BCUT2D eigenvalue weighted by molar-refractivity contribution is 5.96. The molecule has 0 saturated carbocycles. The molecule has 0 aliphatic heterocycles. The minimum Gasteiger partial charge on any atom is -0.493 e. The van der Waals surface area contributed by atoms with Gasteiger partial charge in [-0.2, -0.15) is 0 Å². The number of carbonyl (C=O) groups is 2. The van der Waals surface area contributed by atoms with Crippen LogP contribution in [0.2, 0.25) is 0 Å². The molecule has 0 spiro atoms. The highest BCUT2D eigenvalue weighted by atomic mass is 16.5. The second-order valence-corrected chi connectivity index (χ2v) is 4.57. The van der Waals surface area contributed by atoms with Gasteiger partial charge in [-0.1, -0.05) is 0 Å². The van der Waals surface area contributed by atoms with Crippen LogP contribution in [0.25, 0.3) is 0 Å². The molecular formula is C16H17NO5. The van der Waals surface area contributed by atoms with Crippen molar-refractivity contribution in [1.82, 2.24) is 4.57 Å². The van der Waals surface area contributed by atoms with Gasteiger partial charge in [-0.3, -0.25) is 4.79 Å². The first-order valence-electron chi connectivity index (χ1n) is 6.60. The lowest BCUT2D eigenvalue weighted by atomic mass is 10.2. The third kappa shape index (κ3) is 3.28. The second kappa shape index (κ2) is 6.80. The molecule has 0 bridgehead atoms. The molecule has 22 heavy (non-hydrogen) atoms. The van der Waals surface area contributed by atoms with E-state index in [2.05, 4.69) is 4.74 Å². The van der Waals surface area contributed by atoms with E-state index in [-0.39, 0.29) is 12.4 Å². The van der Waals surface area contributed by atoms with Crippen LogP contribution in [-0.4, -0.2) is 37.1 Å². The largest absolute Gasteiger partial charge is 0.493 e. The summed E-state index contributed by atoms with van der Waals surface area (Å²) < 4.78 is 17.0. The first-order valence-corrected chi connectivity index (χ1v) is 6.60. The van der Waals surface area contributed by atoms with Crippen LogP contribution in [0.5, 0.6) is 11.5 Å². The van der Waals surface area contributed by atoms with E-state index in [0.717, 1.165) is 0 Å². The third-order valence-corrected chi connectivity index (χ3v) is 3.17. The number of ether oxygens (including phenoxy) is 3. The summed E-state index contributed by atoms with van der Waals surface area (Å²) in [7, 11) is 4.55. The van der Waals surface area contributed by atoms with Gasteiger partial charge in [0.2, 0.25) is 5.78 Å². The highest BCUT2D eigenvalue weighted by Gasteiger charge is 2.14. The van der Waals surface area contributed by atoms with E-state index < -0.39 is 5.97 Å². The highest BCUT2D eigenvalue weighted by Crippen LogP contribution is 2.28. The Hall–Kier alpha value is -2.76. The normalized spacial score (nSPS) is 10.1. The van der Waals surface area contributed by atoms with Crippen LogP contribution >= 0.6 is 0 Å². The molecular weight excluding hydrogens is 286 g/mol. The van der Waals surface area contributed by atoms with Crippen LogP contribution in [-0.2, 0) is 11.8 Å². The predicted octanol–water partition coefficient (Wildman–Crippen LogP) is 2.08. The third-order valence-electron chi connectivity index (χ3n) is 3.17. The summed E-state index contributed by atoms with van der Waals surface area (Å²) in [5, 5.41) is 0. The zero-order chi connectivity index (χ0) is 16.1. The van der Waals surface area contributed by atoms with Crippen molar-refractivity contribution in [3.05, 3.63) is 47.8 Å². The summed E-state index contributed by atoms with van der Waals surface area (Å²) >= 11 is 0. The number of esters is 1. The van der Waals surface area contributed by atoms with Crippen molar-refractivity contribution in [3.8, 4) is 11.5 Å². The van der Waals surface area contributed by atoms with Gasteiger partial charge in [-0.15, -0.1) is 0 Å². The van der Waals surface area contributed by atoms with Crippen LogP contribution in [0, 0.1) is 0 Å². The number of aryl methyl sites for hydroxylation is 1. The maximum absolute atomic E-state index is 12.1. The minimum absolute atomic E-state index is 0.119. The Kier molecular flexibility index (Phi) is 4.83. The molecule has 2 rings (SSSR count). The maximum Gasteiger partial charge on any atom is 0.337 e. The number of hydrogen-bond acceptors (Lipinski definition) is 5. The molecule has 0 fully saturated rings. The van der Waals surface area contributed by atoms with E-state index in [1.165, 1.54) is 20.3 Å². The van der Waals surface area contributed by atoms with Crippen LogP contribution in [0.4, 0.5) is 0 Å². The summed E-state index contributed by atoms with van der Waals surface area (Å²) in [6.07, 6.45) is 1.79. The summed E-state index contributed by atoms with van der Waals surface area (Å²) in [5.74, 6) is 0.136. The molecule has 0 N–H and O–H groups in total. The quantitative estimate of drug-likeness (QED) is 0.604. The van der Waals surface area contributed by atoms with E-state index in [0.29, 0.717) is 22.8 Å². The number of aromatic nitrogens is 1. The van der Waals surface area contributed by atoms with Gasteiger partial charge in [0, 0.05) is 13.2 Å². The zero-order valence-corrected chi connectivity index (χ0v) is 12.7. The van der Waals surface area contributed by atoms with Gasteiger partial charge in [0.15, 0.2) is 18.1 Å². The lowest BCUT2D eigenvalue weighted by Crippen LogP contribution is -2.15. The number of nitrogens with zero attached hydrogens (tertiary/aromatic N) is 1. The van der Waals surface area contributed by atoms with Gasteiger partial charge in [-0.25, -0.2) is 4.79 Å². The Bertz CT molecular complexity index is 690. The van der Waals surface area contributed by atoms with Crippen molar-refractivity contribution in [1.29, 1.82) is 0 Å². The number of rotatable bonds is 6. The van der Waals surface area contributed by atoms with Crippen LogP contribution in [0.3, 0.4) is 0 Å². The number of hydrogen-bond donors (Lipinski definition) is 0. The van der Waals surface area contributed by atoms with Gasteiger partial charge >= 0.3 is 5.97 Å². The number of methoxy groups -OCH3 is 2. The Morgan fingerprint density at radius 1 is 1.14 bits per heavy atom. The zero-order valence-electron chi connectivity index (χ0n) is 12.7. The SMILES string of the molecule is COC(=O)c1ccc(OCC(=O)c2cccn2C)c(OC)c1. The van der Waals surface area contributed by atoms with Crippen LogP contribution in [0.1, 0.15) is 20.8 Å². The molecule has 6 heteroatoms. The molecule has 0 radical (unpaired) electrons. The predicted molar refractivity (Wildman–Crippen MR) is 79.6 cm³/mol. The smallest absolute Gasteiger partial charge is 0.337 e. The van der Waals surface area contributed by atoms with Crippen molar-refractivity contribution in [3.63, 3.8) is 0 Å². The van der Waals surface area contributed by atoms with Crippen molar-refractivity contribution in [2.24, 2.45) is 7.05 Å². The number of Topliss-reactive ketones (excluding diaryl/α,β-unsaturated/α-hetero) is 1. The van der Waals surface area contributed by atoms with Crippen molar-refractivity contribution in [2.75, 3.05) is 20.8 Å². The first-order chi connectivity index (χ1) is 10.6. The molecule has 116 valence electrons. The molecule has 2 aromatic rings. The standard InChI is InChI=1S/C16H17NO5/c1-17-8-4-5-12(17)13(18)10-22-14-7-6-11(16(19)21-3)9-15(14)20-2/h4-9H,10H2,1-3H3. The van der Waals surface area contributed by atoms with Crippen molar-refractivity contribution >= 4 is 11.8 Å². The van der Waals surface area contributed by atoms with E-state index in [4.69, 9.17) is 9.47 Å². The molecule has 0 unspecified atom stereocenters. The monoisotopic (exact) mass is 303 g/mol. The number of ketones is 1. The average Bonchev–Trinajstić information content (AvgIpc) is 2.97. The lowest BCUT2D eigenvalue weighted by Gasteiger charge is -2.11. The molecule has 1 aromatic heterocycles. The summed E-state index contributed by atoms with van der Waals surface area (Å²) in [6.45, 7) is -0.119. The fraction of sp³-hybridized carbons (Fsp3) is 0.250. The fourth-order valence-electron chi connectivity index (χ4n) is 2.00. The summed E-state index contributed by atoms with van der Waals surface area (Å²) in [6, 6.07) is 8.15. The second-order valence-electron chi connectivity index (χ2n) is 4.57. The van der Waals surface area contributed by atoms with Gasteiger partial charge in [0.05, 0.1) is 25.5 Å². The molecule has 0 aliphatic rings.